The Kier molecular flexibility index (Phi) is 5.76. The van der Waals surface area contributed by atoms with Crippen molar-refractivity contribution < 1.29 is 9.13 Å². The Morgan fingerprint density at radius 3 is 2.71 bits per heavy atom. The second-order valence-electron chi connectivity index (χ2n) is 5.13. The van der Waals surface area contributed by atoms with Crippen molar-refractivity contribution in [3.8, 4) is 5.75 Å². The van der Waals surface area contributed by atoms with Crippen LogP contribution in [0, 0.1) is 5.82 Å². The summed E-state index contributed by atoms with van der Waals surface area (Å²) in [6.07, 6.45) is 2.13. The summed E-state index contributed by atoms with van der Waals surface area (Å²) in [4.78, 5) is 1.30. The summed E-state index contributed by atoms with van der Waals surface area (Å²) in [6, 6.07) is 9.45. The van der Waals surface area contributed by atoms with Crippen LogP contribution in [0.2, 0.25) is 0 Å². The van der Waals surface area contributed by atoms with Crippen LogP contribution in [0.4, 0.5) is 4.39 Å². The lowest BCUT2D eigenvalue weighted by atomic mass is 10.0. The first-order valence-electron chi connectivity index (χ1n) is 7.28. The van der Waals surface area contributed by atoms with Gasteiger partial charge in [-0.05, 0) is 30.9 Å². The van der Waals surface area contributed by atoms with Crippen LogP contribution in [-0.2, 0) is 0 Å². The van der Waals surface area contributed by atoms with E-state index in [0.29, 0.717) is 11.3 Å². The van der Waals surface area contributed by atoms with Crippen molar-refractivity contribution >= 4 is 11.3 Å². The molecule has 4 heteroatoms. The van der Waals surface area contributed by atoms with Crippen LogP contribution in [0.3, 0.4) is 0 Å². The lowest BCUT2D eigenvalue weighted by molar-refractivity contribution is 0.406. The van der Waals surface area contributed by atoms with Crippen LogP contribution in [-0.4, -0.2) is 7.11 Å². The van der Waals surface area contributed by atoms with Gasteiger partial charge in [-0.3, -0.25) is 0 Å². The van der Waals surface area contributed by atoms with E-state index in [9.17, 15) is 4.39 Å². The SMILES string of the molecule is CCCC(NC(C)c1ccc(OC)cc1F)c1cccs1. The Balaban J connectivity index is 2.13. The maximum atomic E-state index is 14.1. The number of hydrogen-bond donors (Lipinski definition) is 1. The predicted molar refractivity (Wildman–Crippen MR) is 86.5 cm³/mol. The maximum absolute atomic E-state index is 14.1. The van der Waals surface area contributed by atoms with E-state index in [4.69, 9.17) is 4.74 Å². The van der Waals surface area contributed by atoms with Crippen molar-refractivity contribution in [2.75, 3.05) is 7.11 Å². The fourth-order valence-electron chi connectivity index (χ4n) is 2.46. The van der Waals surface area contributed by atoms with Gasteiger partial charge in [0.2, 0.25) is 0 Å². The van der Waals surface area contributed by atoms with Crippen LogP contribution in [0.25, 0.3) is 0 Å². The third-order valence-electron chi connectivity index (χ3n) is 3.59. The molecule has 2 aromatic rings. The zero-order valence-corrected chi connectivity index (χ0v) is 13.5. The molecule has 0 aliphatic carbocycles. The van der Waals surface area contributed by atoms with Gasteiger partial charge in [-0.25, -0.2) is 4.39 Å². The van der Waals surface area contributed by atoms with Gasteiger partial charge in [0.05, 0.1) is 7.11 Å². The minimum absolute atomic E-state index is 0.0467. The molecular weight excluding hydrogens is 285 g/mol. The smallest absolute Gasteiger partial charge is 0.131 e. The second-order valence-corrected chi connectivity index (χ2v) is 6.11. The Morgan fingerprint density at radius 2 is 2.14 bits per heavy atom. The molecule has 0 aliphatic rings. The molecule has 0 spiro atoms. The van der Waals surface area contributed by atoms with Gasteiger partial charge < -0.3 is 10.1 Å². The molecule has 2 rings (SSSR count). The molecule has 21 heavy (non-hydrogen) atoms. The van der Waals surface area contributed by atoms with Crippen LogP contribution >= 0.6 is 11.3 Å². The van der Waals surface area contributed by atoms with Crippen LogP contribution in [0.1, 0.15) is 49.2 Å². The highest BCUT2D eigenvalue weighted by Crippen LogP contribution is 2.28. The fourth-order valence-corrected chi connectivity index (χ4v) is 3.29. The molecule has 2 atom stereocenters. The largest absolute Gasteiger partial charge is 0.497 e. The van der Waals surface area contributed by atoms with Crippen molar-refractivity contribution in [1.82, 2.24) is 5.32 Å². The molecular formula is C17H22FNOS. The summed E-state index contributed by atoms with van der Waals surface area (Å²) >= 11 is 1.74. The number of benzene rings is 1. The van der Waals surface area contributed by atoms with Crippen molar-refractivity contribution in [3.63, 3.8) is 0 Å². The maximum Gasteiger partial charge on any atom is 0.131 e. The molecule has 0 radical (unpaired) electrons. The van der Waals surface area contributed by atoms with Crippen LogP contribution < -0.4 is 10.1 Å². The fraction of sp³-hybridized carbons (Fsp3) is 0.412. The summed E-state index contributed by atoms with van der Waals surface area (Å²) in [5.74, 6) is 0.322. The molecule has 0 amide bonds. The van der Waals surface area contributed by atoms with Gasteiger partial charge in [-0.15, -0.1) is 11.3 Å². The van der Waals surface area contributed by atoms with Gasteiger partial charge in [0.25, 0.3) is 0 Å². The van der Waals surface area contributed by atoms with Gasteiger partial charge in [-0.2, -0.15) is 0 Å². The molecule has 0 bridgehead atoms. The Hall–Kier alpha value is -1.39. The normalized spacial score (nSPS) is 13.9. The van der Waals surface area contributed by atoms with Crippen LogP contribution in [0.15, 0.2) is 35.7 Å². The summed E-state index contributed by atoms with van der Waals surface area (Å²) in [5, 5.41) is 5.63. The molecule has 0 fully saturated rings. The summed E-state index contributed by atoms with van der Waals surface area (Å²) < 4.78 is 19.2. The van der Waals surface area contributed by atoms with Gasteiger partial charge in [-0.1, -0.05) is 25.5 Å². The first-order chi connectivity index (χ1) is 10.2. The van der Waals surface area contributed by atoms with E-state index in [2.05, 4.69) is 29.8 Å². The molecule has 2 nitrogen and oxygen atoms in total. The van der Waals surface area contributed by atoms with E-state index in [1.807, 2.05) is 6.92 Å². The molecule has 0 aliphatic heterocycles. The number of nitrogens with one attached hydrogen (secondary N) is 1. The first-order valence-corrected chi connectivity index (χ1v) is 8.16. The molecule has 1 aromatic heterocycles. The summed E-state index contributed by atoms with van der Waals surface area (Å²) in [5.41, 5.74) is 0.674. The highest BCUT2D eigenvalue weighted by atomic mass is 32.1. The summed E-state index contributed by atoms with van der Waals surface area (Å²) in [6.45, 7) is 4.17. The molecule has 1 N–H and O–H groups in total. The van der Waals surface area contributed by atoms with E-state index >= 15 is 0 Å². The topological polar surface area (TPSA) is 21.3 Å². The number of halogens is 1. The van der Waals surface area contributed by atoms with Crippen molar-refractivity contribution in [2.24, 2.45) is 0 Å². The van der Waals surface area contributed by atoms with Crippen LogP contribution in [0.5, 0.6) is 5.75 Å². The van der Waals surface area contributed by atoms with Crippen molar-refractivity contribution in [2.45, 2.75) is 38.8 Å². The van der Waals surface area contributed by atoms with Crippen molar-refractivity contribution in [3.05, 3.63) is 52.0 Å². The number of ether oxygens (including phenoxy) is 1. The molecule has 0 saturated carbocycles. The van der Waals surface area contributed by atoms with E-state index in [0.717, 1.165) is 12.8 Å². The third kappa shape index (κ3) is 4.05. The highest BCUT2D eigenvalue weighted by molar-refractivity contribution is 7.10. The van der Waals surface area contributed by atoms with Gasteiger partial charge in [0, 0.05) is 28.6 Å². The van der Waals surface area contributed by atoms with E-state index < -0.39 is 0 Å². The van der Waals surface area contributed by atoms with Gasteiger partial charge >= 0.3 is 0 Å². The average molecular weight is 307 g/mol. The molecule has 1 aromatic carbocycles. The first kappa shape index (κ1) is 16.0. The van der Waals surface area contributed by atoms with Crippen molar-refractivity contribution in [1.29, 1.82) is 0 Å². The molecule has 2 unspecified atom stereocenters. The van der Waals surface area contributed by atoms with E-state index in [1.54, 1.807) is 30.6 Å². The minimum atomic E-state index is -0.226. The standard InChI is InChI=1S/C17H22FNOS/c1-4-6-16(17-7-5-10-21-17)19-12(2)14-9-8-13(20-3)11-15(14)18/h5,7-12,16,19H,4,6H2,1-3H3. The quantitative estimate of drug-likeness (QED) is 0.769. The van der Waals surface area contributed by atoms with Gasteiger partial charge in [0.15, 0.2) is 0 Å². The lowest BCUT2D eigenvalue weighted by Gasteiger charge is -2.23. The lowest BCUT2D eigenvalue weighted by Crippen LogP contribution is -2.24. The zero-order chi connectivity index (χ0) is 15.2. The Labute approximate surface area is 130 Å². The Bertz CT molecular complexity index is 556. The number of methoxy groups -OCH3 is 1. The van der Waals surface area contributed by atoms with E-state index in [-0.39, 0.29) is 17.9 Å². The minimum Gasteiger partial charge on any atom is -0.497 e. The molecule has 1 heterocycles. The predicted octanol–water partition coefficient (Wildman–Crippen LogP) is 5.09. The summed E-state index contributed by atoms with van der Waals surface area (Å²) in [7, 11) is 1.55. The number of rotatable bonds is 7. The molecule has 0 saturated heterocycles. The third-order valence-corrected chi connectivity index (χ3v) is 4.58. The second kappa shape index (κ2) is 7.57. The monoisotopic (exact) mass is 307 g/mol. The number of hydrogen-bond acceptors (Lipinski definition) is 3. The van der Waals surface area contributed by atoms with Gasteiger partial charge in [0.1, 0.15) is 11.6 Å². The Morgan fingerprint density at radius 1 is 1.33 bits per heavy atom. The molecule has 114 valence electrons. The van der Waals surface area contributed by atoms with E-state index in [1.165, 1.54) is 10.9 Å². The zero-order valence-electron chi connectivity index (χ0n) is 12.7. The number of thiophene rings is 1. The average Bonchev–Trinajstić information content (AvgIpc) is 3.00. The highest BCUT2D eigenvalue weighted by Gasteiger charge is 2.18.